The summed E-state index contributed by atoms with van der Waals surface area (Å²) in [7, 11) is -0.497. The molecule has 1 unspecified atom stereocenters. The molecule has 2 bridgehead atoms. The lowest BCUT2D eigenvalue weighted by Gasteiger charge is -2.46. The van der Waals surface area contributed by atoms with E-state index in [0.29, 0.717) is 37.2 Å². The van der Waals surface area contributed by atoms with Gasteiger partial charge in [-0.1, -0.05) is 36.7 Å². The van der Waals surface area contributed by atoms with Crippen LogP contribution >= 0.6 is 11.6 Å². The number of allylic oxidation sites excluding steroid dienone is 1. The maximum Gasteiger partial charge on any atom is 0.286 e. The van der Waals surface area contributed by atoms with Crippen LogP contribution in [0.25, 0.3) is 0 Å². The van der Waals surface area contributed by atoms with Gasteiger partial charge >= 0.3 is 0 Å². The van der Waals surface area contributed by atoms with Crippen LogP contribution in [0.2, 0.25) is 5.02 Å². The first-order valence-electron chi connectivity index (χ1n) is 17.6. The van der Waals surface area contributed by atoms with E-state index in [2.05, 4.69) is 48.5 Å². The first kappa shape index (κ1) is 35.4. The molecule has 0 saturated heterocycles. The highest BCUT2D eigenvalue weighted by Gasteiger charge is 2.44. The molecule has 1 fully saturated rings. The van der Waals surface area contributed by atoms with E-state index in [-0.39, 0.29) is 40.2 Å². The van der Waals surface area contributed by atoms with Gasteiger partial charge in [-0.05, 0) is 104 Å². The fourth-order valence-electron chi connectivity index (χ4n) is 8.21. The van der Waals surface area contributed by atoms with Crippen molar-refractivity contribution in [1.82, 2.24) is 14.9 Å². The largest absolute Gasteiger partial charge is 0.490 e. The molecule has 7 rings (SSSR count). The van der Waals surface area contributed by atoms with Crippen LogP contribution in [0.3, 0.4) is 0 Å². The number of methoxy groups -OCH3 is 2. The summed E-state index contributed by atoms with van der Waals surface area (Å²) in [5.41, 5.74) is 3.34. The number of nitrogens with one attached hydrogen (secondary N) is 1. The van der Waals surface area contributed by atoms with Gasteiger partial charge in [0.15, 0.2) is 0 Å². The van der Waals surface area contributed by atoms with Gasteiger partial charge in [-0.15, -0.1) is 9.46 Å². The number of hydrogen-bond acceptors (Lipinski definition) is 9. The van der Waals surface area contributed by atoms with Crippen LogP contribution in [-0.4, -0.2) is 72.0 Å². The van der Waals surface area contributed by atoms with Crippen LogP contribution in [0.4, 0.5) is 5.69 Å². The predicted molar refractivity (Wildman–Crippen MR) is 196 cm³/mol. The minimum absolute atomic E-state index is 0.0271. The van der Waals surface area contributed by atoms with E-state index in [9.17, 15) is 13.8 Å². The SMILES string of the molecule is COc1nnccc1C(=O)NS1(=O)=NC(=O)c2ccc3c(c2)N(C[C@@H]2CC[C@H]2[C@@H](OC)/C=C\C[C@H](C)C1)C[C@@]1(CCCc2cc(Cl)ccc21)CO3. The standard InChI is InChI=1S/C38H44ClN5O6S/c1-24-6-4-8-33(48-2)29-12-9-27(29)20-44-22-38(16-5-7-25-18-28(39)11-13-31(25)38)23-50-34-14-10-26(19-32(34)44)35(45)42-51(47,21-24)43-36(46)30-15-17-40-41-37(30)49-3/h4,8,10-11,13-15,17-19,24,27,29,33H,5-7,9,12,16,20-23H2,1-3H3,(H,42,43,45,46,47)/b8-4-/t24-,27-,29+,33-,38-,51?/m0/s1. The second-order valence-corrected chi connectivity index (χ2v) is 16.8. The van der Waals surface area contributed by atoms with Gasteiger partial charge in [0.1, 0.15) is 21.2 Å². The number of carbonyl (C=O) groups excluding carboxylic acids is 2. The predicted octanol–water partition coefficient (Wildman–Crippen LogP) is 6.20. The quantitative estimate of drug-likeness (QED) is 0.311. The Labute approximate surface area is 304 Å². The highest BCUT2D eigenvalue weighted by molar-refractivity contribution is 7.92. The summed E-state index contributed by atoms with van der Waals surface area (Å²) in [5.74, 6) is -0.295. The average molecular weight is 734 g/mol. The molecule has 3 aromatic rings. The Morgan fingerprint density at radius 2 is 2.02 bits per heavy atom. The van der Waals surface area contributed by atoms with Gasteiger partial charge in [-0.25, -0.2) is 4.21 Å². The number of amides is 2. The van der Waals surface area contributed by atoms with Gasteiger partial charge < -0.3 is 19.1 Å². The number of rotatable bonds is 4. The Hall–Kier alpha value is -4.00. The van der Waals surface area contributed by atoms with Crippen LogP contribution in [0.1, 0.15) is 70.9 Å². The van der Waals surface area contributed by atoms with Crippen molar-refractivity contribution >= 4 is 39.0 Å². The minimum Gasteiger partial charge on any atom is -0.490 e. The van der Waals surface area contributed by atoms with Gasteiger partial charge in [0, 0.05) is 36.2 Å². The van der Waals surface area contributed by atoms with Gasteiger partial charge in [0.25, 0.3) is 11.8 Å². The lowest BCUT2D eigenvalue weighted by atomic mass is 9.68. The van der Waals surface area contributed by atoms with E-state index in [1.807, 2.05) is 19.1 Å². The maximum absolute atomic E-state index is 14.5. The molecule has 2 amide bonds. The van der Waals surface area contributed by atoms with Crippen molar-refractivity contribution in [1.29, 1.82) is 0 Å². The average Bonchev–Trinajstić information content (AvgIpc) is 3.25. The highest BCUT2D eigenvalue weighted by Crippen LogP contribution is 2.47. The summed E-state index contributed by atoms with van der Waals surface area (Å²) in [4.78, 5) is 29.8. The zero-order chi connectivity index (χ0) is 35.8. The molecule has 1 saturated carbocycles. The second-order valence-electron chi connectivity index (χ2n) is 14.3. The van der Waals surface area contributed by atoms with Crippen LogP contribution in [0, 0.1) is 17.8 Å². The Balaban J connectivity index is 1.31. The molecule has 11 nitrogen and oxygen atoms in total. The number of carbonyl (C=O) groups is 2. The van der Waals surface area contributed by atoms with E-state index in [0.717, 1.165) is 49.4 Å². The summed E-state index contributed by atoms with van der Waals surface area (Å²) in [6, 6.07) is 12.9. The number of hydrogen-bond donors (Lipinski definition) is 1. The van der Waals surface area contributed by atoms with Crippen LogP contribution in [0.15, 0.2) is 65.2 Å². The van der Waals surface area contributed by atoms with Crippen molar-refractivity contribution in [2.24, 2.45) is 22.1 Å². The molecular weight excluding hydrogens is 690 g/mol. The first-order chi connectivity index (χ1) is 24.6. The molecule has 3 heterocycles. The van der Waals surface area contributed by atoms with Crippen molar-refractivity contribution in [3.05, 3.63) is 88.1 Å². The van der Waals surface area contributed by atoms with Gasteiger partial charge in [-0.3, -0.25) is 14.3 Å². The zero-order valence-corrected chi connectivity index (χ0v) is 30.8. The zero-order valence-electron chi connectivity index (χ0n) is 29.2. The summed E-state index contributed by atoms with van der Waals surface area (Å²) in [6.45, 7) is 3.88. The first-order valence-corrected chi connectivity index (χ1v) is 19.6. The number of fused-ring (bicyclic) bond motifs is 4. The number of aromatic nitrogens is 2. The minimum atomic E-state index is -3.61. The Morgan fingerprint density at radius 1 is 1.16 bits per heavy atom. The molecule has 4 aliphatic rings. The molecule has 51 heavy (non-hydrogen) atoms. The number of halogens is 1. The van der Waals surface area contributed by atoms with Crippen molar-refractivity contribution in [2.45, 2.75) is 57.0 Å². The van der Waals surface area contributed by atoms with Gasteiger partial charge in [-0.2, -0.15) is 5.10 Å². The molecule has 0 radical (unpaired) electrons. The number of benzene rings is 2. The molecule has 1 N–H and O–H groups in total. The number of nitrogens with zero attached hydrogens (tertiary/aromatic N) is 4. The Kier molecular flexibility index (Phi) is 10.1. The molecule has 270 valence electrons. The lowest BCUT2D eigenvalue weighted by molar-refractivity contribution is 0.0131. The third-order valence-corrected chi connectivity index (χ3v) is 13.1. The summed E-state index contributed by atoms with van der Waals surface area (Å²) in [5, 5.41) is 8.34. The summed E-state index contributed by atoms with van der Waals surface area (Å²) < 4.78 is 39.3. The van der Waals surface area contributed by atoms with E-state index >= 15 is 0 Å². The lowest BCUT2D eigenvalue weighted by Crippen LogP contribution is -2.49. The van der Waals surface area contributed by atoms with E-state index in [1.165, 1.54) is 30.5 Å². The van der Waals surface area contributed by atoms with E-state index in [1.54, 1.807) is 19.2 Å². The smallest absolute Gasteiger partial charge is 0.286 e. The van der Waals surface area contributed by atoms with E-state index < -0.39 is 21.7 Å². The fourth-order valence-corrected chi connectivity index (χ4v) is 10.3. The highest BCUT2D eigenvalue weighted by atomic mass is 35.5. The van der Waals surface area contributed by atoms with Crippen molar-refractivity contribution in [2.75, 3.05) is 44.6 Å². The molecule has 2 aromatic carbocycles. The molecular formula is C38H44ClN5O6S. The summed E-state index contributed by atoms with van der Waals surface area (Å²) >= 11 is 6.45. The van der Waals surface area contributed by atoms with Crippen LogP contribution in [0.5, 0.6) is 11.6 Å². The Bertz CT molecular complexity index is 1980. The van der Waals surface area contributed by atoms with Crippen molar-refractivity contribution in [3.63, 3.8) is 0 Å². The second kappa shape index (κ2) is 14.6. The fraction of sp³-hybridized carbons (Fsp3) is 0.474. The molecule has 1 spiro atoms. The molecule has 6 atom stereocenters. The Morgan fingerprint density at radius 3 is 2.80 bits per heavy atom. The normalized spacial score (nSPS) is 29.6. The molecule has 2 aliphatic carbocycles. The van der Waals surface area contributed by atoms with Crippen LogP contribution < -0.4 is 19.1 Å². The van der Waals surface area contributed by atoms with Gasteiger partial charge in [0.2, 0.25) is 5.88 Å². The van der Waals surface area contributed by atoms with Crippen LogP contribution in [-0.2, 0) is 26.5 Å². The maximum atomic E-state index is 14.5. The molecule has 1 aromatic heterocycles. The number of anilines is 1. The summed E-state index contributed by atoms with van der Waals surface area (Å²) in [6.07, 6.45) is 11.1. The van der Waals surface area contributed by atoms with Crippen molar-refractivity contribution in [3.8, 4) is 11.6 Å². The number of aryl methyl sites for hydroxylation is 1. The van der Waals surface area contributed by atoms with Crippen molar-refractivity contribution < 1.29 is 28.0 Å². The third-order valence-electron chi connectivity index (χ3n) is 10.9. The number of ether oxygens (including phenoxy) is 3. The van der Waals surface area contributed by atoms with E-state index in [4.69, 9.17) is 25.8 Å². The third kappa shape index (κ3) is 7.23. The topological polar surface area (TPSA) is 132 Å². The molecule has 13 heteroatoms. The van der Waals surface area contributed by atoms with Gasteiger partial charge in [0.05, 0.1) is 37.5 Å². The molecule has 2 aliphatic heterocycles. The monoisotopic (exact) mass is 733 g/mol.